The summed E-state index contributed by atoms with van der Waals surface area (Å²) in [4.78, 5) is 19.9. The quantitative estimate of drug-likeness (QED) is 0.349. The van der Waals surface area contributed by atoms with E-state index in [1.165, 1.54) is 0 Å². The fourth-order valence-corrected chi connectivity index (χ4v) is 0.234. The minimum absolute atomic E-state index is 0.328. The smallest absolute Gasteiger partial charge is 0.293 e. The molecule has 3 heteroatoms. The van der Waals surface area contributed by atoms with E-state index < -0.39 is 11.6 Å². The fourth-order valence-electron chi connectivity index (χ4n) is 0.234. The first kappa shape index (κ1) is 10.2. The lowest BCUT2D eigenvalue weighted by Gasteiger charge is -2.16. The summed E-state index contributed by atoms with van der Waals surface area (Å²) in [7, 11) is 0. The Bertz CT molecular complexity index is 165. The Labute approximate surface area is 66.9 Å². The van der Waals surface area contributed by atoms with E-state index in [0.29, 0.717) is 5.57 Å². The van der Waals surface area contributed by atoms with Crippen molar-refractivity contribution in [3.63, 3.8) is 0 Å². The minimum Gasteiger partial charge on any atom is -0.293 e. The van der Waals surface area contributed by atoms with Crippen molar-refractivity contribution in [1.29, 1.82) is 0 Å². The van der Waals surface area contributed by atoms with Gasteiger partial charge >= 0.3 is 5.97 Å². The van der Waals surface area contributed by atoms with Crippen LogP contribution in [0.2, 0.25) is 0 Å². The lowest BCUT2D eigenvalue weighted by Crippen LogP contribution is -2.21. The van der Waals surface area contributed by atoms with Gasteiger partial charge in [0.2, 0.25) is 0 Å². The van der Waals surface area contributed by atoms with E-state index in [9.17, 15) is 4.79 Å². The second-order valence-electron chi connectivity index (χ2n) is 3.35. The van der Waals surface area contributed by atoms with Crippen LogP contribution in [-0.4, -0.2) is 11.6 Å². The molecule has 0 atom stereocenters. The van der Waals surface area contributed by atoms with Crippen molar-refractivity contribution in [2.45, 2.75) is 33.3 Å². The summed E-state index contributed by atoms with van der Waals surface area (Å²) >= 11 is 0. The van der Waals surface area contributed by atoms with Crippen molar-refractivity contribution < 1.29 is 14.6 Å². The standard InChI is InChI=1S/C8H14O3/c1-6(2)7(9)10-11-8(3,4)5/h1H2,2-5H3. The van der Waals surface area contributed by atoms with Gasteiger partial charge in [-0.15, -0.1) is 0 Å². The molecule has 0 aliphatic rings. The van der Waals surface area contributed by atoms with Crippen LogP contribution >= 0.6 is 0 Å². The maximum absolute atomic E-state index is 10.7. The van der Waals surface area contributed by atoms with Crippen molar-refractivity contribution in [2.75, 3.05) is 0 Å². The molecule has 0 aromatic heterocycles. The molecule has 0 saturated heterocycles. The van der Waals surface area contributed by atoms with Crippen molar-refractivity contribution in [3.05, 3.63) is 12.2 Å². The zero-order valence-corrected chi connectivity index (χ0v) is 7.43. The second-order valence-corrected chi connectivity index (χ2v) is 3.35. The van der Waals surface area contributed by atoms with Gasteiger partial charge in [-0.3, -0.25) is 4.89 Å². The van der Waals surface area contributed by atoms with Gasteiger partial charge in [0.05, 0.1) is 0 Å². The molecule has 0 N–H and O–H groups in total. The molecule has 3 nitrogen and oxygen atoms in total. The van der Waals surface area contributed by atoms with Crippen LogP contribution in [0.15, 0.2) is 12.2 Å². The largest absolute Gasteiger partial charge is 0.368 e. The van der Waals surface area contributed by atoms with Gasteiger partial charge in [0.15, 0.2) is 0 Å². The van der Waals surface area contributed by atoms with E-state index in [1.807, 2.05) is 0 Å². The van der Waals surface area contributed by atoms with Gasteiger partial charge in [-0.1, -0.05) is 6.58 Å². The van der Waals surface area contributed by atoms with Crippen molar-refractivity contribution in [1.82, 2.24) is 0 Å². The molecule has 0 rings (SSSR count). The normalized spacial score (nSPS) is 10.9. The molecule has 64 valence electrons. The van der Waals surface area contributed by atoms with Crippen LogP contribution in [-0.2, 0) is 14.6 Å². The summed E-state index contributed by atoms with van der Waals surface area (Å²) < 4.78 is 0. The van der Waals surface area contributed by atoms with Gasteiger partial charge < -0.3 is 0 Å². The van der Waals surface area contributed by atoms with E-state index in [4.69, 9.17) is 4.89 Å². The van der Waals surface area contributed by atoms with E-state index in [-0.39, 0.29) is 0 Å². The van der Waals surface area contributed by atoms with Gasteiger partial charge in [0, 0.05) is 5.57 Å². The van der Waals surface area contributed by atoms with Gasteiger partial charge in [-0.05, 0) is 27.7 Å². The summed E-state index contributed by atoms with van der Waals surface area (Å²) in [5.41, 5.74) is -0.139. The molecule has 0 aliphatic heterocycles. The molecule has 0 aromatic rings. The summed E-state index contributed by atoms with van der Waals surface area (Å²) in [5, 5.41) is 0. The Morgan fingerprint density at radius 2 is 1.82 bits per heavy atom. The molecule has 0 aromatic carbocycles. The fraction of sp³-hybridized carbons (Fsp3) is 0.625. The summed E-state index contributed by atoms with van der Waals surface area (Å²) in [6.07, 6.45) is 0. The Kier molecular flexibility index (Phi) is 3.26. The molecular weight excluding hydrogens is 144 g/mol. The second kappa shape index (κ2) is 3.53. The first-order chi connectivity index (χ1) is 4.83. The lowest BCUT2D eigenvalue weighted by atomic mass is 10.2. The zero-order chi connectivity index (χ0) is 9.07. The third-order valence-electron chi connectivity index (χ3n) is 0.716. The molecule has 0 radical (unpaired) electrons. The first-order valence-electron chi connectivity index (χ1n) is 3.38. The highest BCUT2D eigenvalue weighted by Crippen LogP contribution is 2.08. The van der Waals surface area contributed by atoms with Crippen molar-refractivity contribution >= 4 is 5.97 Å². The van der Waals surface area contributed by atoms with Crippen LogP contribution in [0.5, 0.6) is 0 Å². The molecule has 0 heterocycles. The average Bonchev–Trinajstić information content (AvgIpc) is 1.80. The van der Waals surface area contributed by atoms with Crippen LogP contribution in [0.3, 0.4) is 0 Å². The number of rotatable bonds is 2. The number of hydrogen-bond donors (Lipinski definition) is 0. The van der Waals surface area contributed by atoms with Crippen LogP contribution in [0.1, 0.15) is 27.7 Å². The average molecular weight is 158 g/mol. The lowest BCUT2D eigenvalue weighted by molar-refractivity contribution is -0.317. The van der Waals surface area contributed by atoms with Crippen LogP contribution in [0.4, 0.5) is 0 Å². The highest BCUT2D eigenvalue weighted by Gasteiger charge is 2.15. The monoisotopic (exact) mass is 158 g/mol. The van der Waals surface area contributed by atoms with Gasteiger partial charge in [0.1, 0.15) is 5.60 Å². The van der Waals surface area contributed by atoms with Crippen LogP contribution < -0.4 is 0 Å². The summed E-state index contributed by atoms with van der Waals surface area (Å²) in [6.45, 7) is 10.3. The molecular formula is C8H14O3. The zero-order valence-electron chi connectivity index (χ0n) is 7.43. The predicted octanol–water partition coefficient (Wildman–Crippen LogP) is 1.84. The molecule has 0 bridgehead atoms. The van der Waals surface area contributed by atoms with Crippen molar-refractivity contribution in [3.8, 4) is 0 Å². The molecule has 0 amide bonds. The molecule has 0 spiro atoms. The Balaban J connectivity index is 3.73. The third-order valence-corrected chi connectivity index (χ3v) is 0.716. The van der Waals surface area contributed by atoms with Crippen molar-refractivity contribution in [2.24, 2.45) is 0 Å². The maximum Gasteiger partial charge on any atom is 0.368 e. The Morgan fingerprint density at radius 3 is 2.09 bits per heavy atom. The van der Waals surface area contributed by atoms with E-state index in [2.05, 4.69) is 11.5 Å². The first-order valence-corrected chi connectivity index (χ1v) is 3.38. The molecule has 11 heavy (non-hydrogen) atoms. The SMILES string of the molecule is C=C(C)C(=O)OOC(C)(C)C. The summed E-state index contributed by atoms with van der Waals surface area (Å²) in [5.74, 6) is -0.528. The molecule has 0 aliphatic carbocycles. The van der Waals surface area contributed by atoms with Crippen LogP contribution in [0.25, 0.3) is 0 Å². The Morgan fingerprint density at radius 1 is 1.36 bits per heavy atom. The van der Waals surface area contributed by atoms with E-state index >= 15 is 0 Å². The highest BCUT2D eigenvalue weighted by atomic mass is 17.2. The topological polar surface area (TPSA) is 35.5 Å². The third kappa shape index (κ3) is 5.61. The molecule has 0 saturated carbocycles. The van der Waals surface area contributed by atoms with E-state index in [0.717, 1.165) is 0 Å². The van der Waals surface area contributed by atoms with Gasteiger partial charge in [0.25, 0.3) is 0 Å². The maximum atomic E-state index is 10.7. The number of carbonyl (C=O) groups excluding carboxylic acids is 1. The van der Waals surface area contributed by atoms with Gasteiger partial charge in [-0.25, -0.2) is 4.79 Å². The Hall–Kier alpha value is -0.830. The number of carbonyl (C=O) groups is 1. The highest BCUT2D eigenvalue weighted by molar-refractivity contribution is 5.86. The number of hydrogen-bond acceptors (Lipinski definition) is 3. The molecule has 0 unspecified atom stereocenters. The van der Waals surface area contributed by atoms with Gasteiger partial charge in [-0.2, -0.15) is 4.89 Å². The summed E-state index contributed by atoms with van der Waals surface area (Å²) in [6, 6.07) is 0. The predicted molar refractivity (Wildman–Crippen MR) is 41.7 cm³/mol. The van der Waals surface area contributed by atoms with Crippen LogP contribution in [0, 0.1) is 0 Å². The minimum atomic E-state index is -0.528. The molecule has 0 fully saturated rings. The van der Waals surface area contributed by atoms with E-state index in [1.54, 1.807) is 27.7 Å².